The molecule has 4 N–H and O–H groups in total. The quantitative estimate of drug-likeness (QED) is 0.489. The van der Waals surface area contributed by atoms with Gasteiger partial charge in [0, 0.05) is 11.8 Å². The molecule has 1 aliphatic heterocycles. The molecule has 0 spiro atoms. The fourth-order valence-corrected chi connectivity index (χ4v) is 2.75. The Labute approximate surface area is 133 Å². The Bertz CT molecular complexity index is 625. The maximum absolute atomic E-state index is 12.0. The van der Waals surface area contributed by atoms with Crippen LogP contribution in [0.5, 0.6) is 0 Å². The highest BCUT2D eigenvalue weighted by atomic mass is 16.6. The lowest BCUT2D eigenvalue weighted by atomic mass is 10.1. The van der Waals surface area contributed by atoms with Crippen LogP contribution in [0, 0.1) is 0 Å². The Hall–Kier alpha value is -1.48. The first kappa shape index (κ1) is 17.9. The van der Waals surface area contributed by atoms with Crippen LogP contribution in [0.4, 0.5) is 0 Å². The van der Waals surface area contributed by atoms with Crippen LogP contribution in [0.1, 0.15) is 44.4 Å². The van der Waals surface area contributed by atoms with Crippen molar-refractivity contribution >= 4 is 0 Å². The molecule has 0 aromatic carbocycles. The number of aliphatic hydroxyl groups is 3. The molecule has 1 aromatic heterocycles. The zero-order valence-electron chi connectivity index (χ0n) is 13.1. The second kappa shape index (κ2) is 7.87. The van der Waals surface area contributed by atoms with E-state index in [4.69, 9.17) is 9.84 Å². The molecular formula is C15H24N2O6. The van der Waals surface area contributed by atoms with Gasteiger partial charge in [0.1, 0.15) is 18.3 Å². The van der Waals surface area contributed by atoms with Crippen LogP contribution in [0.2, 0.25) is 0 Å². The first-order chi connectivity index (χ1) is 11.0. The van der Waals surface area contributed by atoms with Gasteiger partial charge in [-0.3, -0.25) is 14.3 Å². The summed E-state index contributed by atoms with van der Waals surface area (Å²) in [7, 11) is 0. The largest absolute Gasteiger partial charge is 0.394 e. The number of aromatic nitrogens is 2. The number of nitrogens with zero attached hydrogens (tertiary/aromatic N) is 1. The van der Waals surface area contributed by atoms with Crippen molar-refractivity contribution in [2.75, 3.05) is 6.61 Å². The molecule has 8 nitrogen and oxygen atoms in total. The lowest BCUT2D eigenvalue weighted by Crippen LogP contribution is -2.38. The van der Waals surface area contributed by atoms with Gasteiger partial charge in [-0.2, -0.15) is 0 Å². The first-order valence-corrected chi connectivity index (χ1v) is 7.96. The first-order valence-electron chi connectivity index (χ1n) is 7.96. The Morgan fingerprint density at radius 2 is 1.96 bits per heavy atom. The van der Waals surface area contributed by atoms with Gasteiger partial charge in [0.15, 0.2) is 6.23 Å². The van der Waals surface area contributed by atoms with Crippen LogP contribution in [-0.4, -0.2) is 49.8 Å². The monoisotopic (exact) mass is 328 g/mol. The summed E-state index contributed by atoms with van der Waals surface area (Å²) in [6.45, 7) is 1.62. The van der Waals surface area contributed by atoms with E-state index in [2.05, 4.69) is 11.9 Å². The van der Waals surface area contributed by atoms with E-state index in [1.807, 2.05) is 0 Å². The number of unbranched alkanes of at least 4 members (excludes halogenated alkanes) is 3. The lowest BCUT2D eigenvalue weighted by molar-refractivity contribution is -0.0551. The third-order valence-electron chi connectivity index (χ3n) is 4.13. The molecule has 1 fully saturated rings. The minimum absolute atomic E-state index is 0.429. The van der Waals surface area contributed by atoms with E-state index in [0.717, 1.165) is 30.3 Å². The highest BCUT2D eigenvalue weighted by Crippen LogP contribution is 2.28. The van der Waals surface area contributed by atoms with Gasteiger partial charge in [-0.05, 0) is 12.8 Å². The topological polar surface area (TPSA) is 125 Å². The Morgan fingerprint density at radius 1 is 1.22 bits per heavy atom. The number of aliphatic hydroxyl groups excluding tert-OH is 3. The van der Waals surface area contributed by atoms with Crippen molar-refractivity contribution < 1.29 is 20.1 Å². The van der Waals surface area contributed by atoms with Crippen LogP contribution in [0.3, 0.4) is 0 Å². The molecule has 8 heteroatoms. The predicted octanol–water partition coefficient (Wildman–Crippen LogP) is -0.729. The highest BCUT2D eigenvalue weighted by molar-refractivity contribution is 5.06. The molecule has 130 valence electrons. The third kappa shape index (κ3) is 3.89. The van der Waals surface area contributed by atoms with E-state index in [9.17, 15) is 19.8 Å². The minimum Gasteiger partial charge on any atom is -0.394 e. The van der Waals surface area contributed by atoms with E-state index in [1.54, 1.807) is 0 Å². The van der Waals surface area contributed by atoms with Crippen molar-refractivity contribution in [1.82, 2.24) is 9.55 Å². The highest BCUT2D eigenvalue weighted by Gasteiger charge is 2.43. The second-order valence-electron chi connectivity index (χ2n) is 5.86. The van der Waals surface area contributed by atoms with Gasteiger partial charge in [-0.1, -0.05) is 26.2 Å². The second-order valence-corrected chi connectivity index (χ2v) is 5.86. The van der Waals surface area contributed by atoms with Crippen LogP contribution in [-0.2, 0) is 11.2 Å². The average Bonchev–Trinajstić information content (AvgIpc) is 2.81. The maximum Gasteiger partial charge on any atom is 0.330 e. The number of ether oxygens (including phenoxy) is 1. The van der Waals surface area contributed by atoms with Gasteiger partial charge in [-0.15, -0.1) is 0 Å². The van der Waals surface area contributed by atoms with Gasteiger partial charge in [0.05, 0.1) is 6.61 Å². The van der Waals surface area contributed by atoms with Crippen molar-refractivity contribution in [3.63, 3.8) is 0 Å². The Balaban J connectivity index is 2.22. The molecule has 1 aromatic rings. The van der Waals surface area contributed by atoms with Crippen molar-refractivity contribution in [3.8, 4) is 0 Å². The molecule has 1 aliphatic rings. The molecule has 2 heterocycles. The SMILES string of the molecule is CCCCCCc1cn([C@H]2O[C@H](CO)[C@@H](O)[C@@H]2O)c(=O)[nH]c1=O. The van der Waals surface area contributed by atoms with E-state index in [-0.39, 0.29) is 0 Å². The third-order valence-corrected chi connectivity index (χ3v) is 4.13. The summed E-state index contributed by atoms with van der Waals surface area (Å²) in [6.07, 6.45) is 1.10. The molecule has 0 saturated carbocycles. The Kier molecular flexibility index (Phi) is 6.11. The number of aryl methyl sites for hydroxylation is 1. The summed E-state index contributed by atoms with van der Waals surface area (Å²) in [5.74, 6) is 0. The summed E-state index contributed by atoms with van der Waals surface area (Å²) in [5, 5.41) is 28.9. The minimum atomic E-state index is -1.36. The van der Waals surface area contributed by atoms with Crippen molar-refractivity contribution in [2.45, 2.75) is 63.6 Å². The smallest absolute Gasteiger partial charge is 0.330 e. The Morgan fingerprint density at radius 3 is 2.57 bits per heavy atom. The normalized spacial score (nSPS) is 27.5. The predicted molar refractivity (Wildman–Crippen MR) is 82.2 cm³/mol. The van der Waals surface area contributed by atoms with Gasteiger partial charge >= 0.3 is 5.69 Å². The zero-order chi connectivity index (χ0) is 17.0. The van der Waals surface area contributed by atoms with Gasteiger partial charge in [0.25, 0.3) is 5.56 Å². The summed E-state index contributed by atoms with van der Waals surface area (Å²) in [4.78, 5) is 26.1. The van der Waals surface area contributed by atoms with Crippen molar-refractivity contribution in [3.05, 3.63) is 32.6 Å². The molecule has 0 bridgehead atoms. The summed E-state index contributed by atoms with van der Waals surface area (Å²) >= 11 is 0. The molecule has 2 rings (SSSR count). The van der Waals surface area contributed by atoms with E-state index in [1.165, 1.54) is 6.20 Å². The van der Waals surface area contributed by atoms with Crippen molar-refractivity contribution in [2.24, 2.45) is 0 Å². The lowest BCUT2D eigenvalue weighted by Gasteiger charge is -2.18. The van der Waals surface area contributed by atoms with Gasteiger partial charge in [-0.25, -0.2) is 4.79 Å². The molecule has 23 heavy (non-hydrogen) atoms. The van der Waals surface area contributed by atoms with Crippen LogP contribution < -0.4 is 11.2 Å². The number of hydrogen-bond acceptors (Lipinski definition) is 6. The molecular weight excluding hydrogens is 304 g/mol. The number of H-pyrrole nitrogens is 1. The summed E-state index contributed by atoms with van der Waals surface area (Å²) in [5.41, 5.74) is -0.741. The molecule has 0 amide bonds. The van der Waals surface area contributed by atoms with E-state index >= 15 is 0 Å². The van der Waals surface area contributed by atoms with Crippen molar-refractivity contribution in [1.29, 1.82) is 0 Å². The molecule has 0 radical (unpaired) electrons. The average molecular weight is 328 g/mol. The van der Waals surface area contributed by atoms with Crippen LogP contribution in [0.25, 0.3) is 0 Å². The van der Waals surface area contributed by atoms with Crippen LogP contribution in [0.15, 0.2) is 15.8 Å². The van der Waals surface area contributed by atoms with Crippen LogP contribution >= 0.6 is 0 Å². The molecule has 1 saturated heterocycles. The number of hydrogen-bond donors (Lipinski definition) is 4. The standard InChI is InChI=1S/C15H24N2O6/c1-2-3-4-5-6-9-7-17(15(22)16-13(9)21)14-12(20)11(19)10(8-18)23-14/h7,10-12,14,18-20H,2-6,8H2,1H3,(H,16,21,22)/t10-,11-,12+,14+/m1/s1. The molecule has 0 aliphatic carbocycles. The fraction of sp³-hybridized carbons (Fsp3) is 0.733. The van der Waals surface area contributed by atoms with E-state index in [0.29, 0.717) is 12.0 Å². The number of nitrogens with one attached hydrogen (secondary N) is 1. The summed E-state index contributed by atoms with van der Waals surface area (Å²) in [6, 6.07) is 0. The van der Waals surface area contributed by atoms with E-state index < -0.39 is 42.4 Å². The summed E-state index contributed by atoms with van der Waals surface area (Å²) < 4.78 is 6.40. The van der Waals surface area contributed by atoms with Gasteiger partial charge in [0.2, 0.25) is 0 Å². The maximum atomic E-state index is 12.0. The zero-order valence-corrected chi connectivity index (χ0v) is 13.1. The molecule has 0 unspecified atom stereocenters. The number of aromatic amines is 1. The molecule has 4 atom stereocenters. The van der Waals surface area contributed by atoms with Gasteiger partial charge < -0.3 is 20.1 Å². The number of rotatable bonds is 7. The fourth-order valence-electron chi connectivity index (χ4n) is 2.75.